The lowest BCUT2D eigenvalue weighted by Gasteiger charge is -1.94. The Kier molecular flexibility index (Phi) is 9.43. The molecule has 0 aliphatic heterocycles. The standard InChI is InChI=1S/C11H16O2S/c1-3-5-6-9-14-10-7-8-11(12)13-4-2/h3,5-8H,1,4,9-10H2,2H3/b6-5+,8-7+. The second-order valence-corrected chi connectivity index (χ2v) is 3.43. The van der Waals surface area contributed by atoms with E-state index in [1.807, 2.05) is 18.2 Å². The van der Waals surface area contributed by atoms with Crippen LogP contribution in [-0.4, -0.2) is 24.1 Å². The summed E-state index contributed by atoms with van der Waals surface area (Å²) in [7, 11) is 0. The second-order valence-electron chi connectivity index (χ2n) is 2.36. The summed E-state index contributed by atoms with van der Waals surface area (Å²) < 4.78 is 4.72. The van der Waals surface area contributed by atoms with Crippen LogP contribution in [0, 0.1) is 0 Å². The van der Waals surface area contributed by atoms with Gasteiger partial charge in [0.2, 0.25) is 0 Å². The molecular formula is C11H16O2S. The lowest BCUT2D eigenvalue weighted by Crippen LogP contribution is -1.98. The van der Waals surface area contributed by atoms with Crippen molar-refractivity contribution in [3.8, 4) is 0 Å². The molecule has 0 spiro atoms. The van der Waals surface area contributed by atoms with E-state index in [4.69, 9.17) is 4.74 Å². The fourth-order valence-electron chi connectivity index (χ4n) is 0.691. The Balaban J connectivity index is 3.39. The van der Waals surface area contributed by atoms with Crippen LogP contribution in [0.3, 0.4) is 0 Å². The monoisotopic (exact) mass is 212 g/mol. The Hall–Kier alpha value is -0.960. The minimum atomic E-state index is -0.269. The van der Waals surface area contributed by atoms with Gasteiger partial charge in [-0.1, -0.05) is 30.9 Å². The number of thioether (sulfide) groups is 1. The van der Waals surface area contributed by atoms with Crippen molar-refractivity contribution in [1.29, 1.82) is 0 Å². The first-order valence-corrected chi connectivity index (χ1v) is 5.65. The largest absolute Gasteiger partial charge is 0.463 e. The molecule has 0 aromatic carbocycles. The third-order valence-electron chi connectivity index (χ3n) is 1.24. The summed E-state index contributed by atoms with van der Waals surface area (Å²) in [5.74, 6) is 1.48. The number of carbonyl (C=O) groups is 1. The summed E-state index contributed by atoms with van der Waals surface area (Å²) in [6.45, 7) is 5.79. The maximum atomic E-state index is 10.8. The summed E-state index contributed by atoms with van der Waals surface area (Å²) >= 11 is 1.72. The molecule has 0 N–H and O–H groups in total. The van der Waals surface area contributed by atoms with Gasteiger partial charge in [-0.15, -0.1) is 0 Å². The summed E-state index contributed by atoms with van der Waals surface area (Å²) in [6.07, 6.45) is 8.95. The van der Waals surface area contributed by atoms with Crippen molar-refractivity contribution < 1.29 is 9.53 Å². The maximum Gasteiger partial charge on any atom is 0.330 e. The molecule has 0 radical (unpaired) electrons. The lowest BCUT2D eigenvalue weighted by molar-refractivity contribution is -0.137. The van der Waals surface area contributed by atoms with Gasteiger partial charge in [0.25, 0.3) is 0 Å². The number of esters is 1. The number of hydrogen-bond acceptors (Lipinski definition) is 3. The smallest absolute Gasteiger partial charge is 0.330 e. The Morgan fingerprint density at radius 3 is 2.79 bits per heavy atom. The molecule has 14 heavy (non-hydrogen) atoms. The van der Waals surface area contributed by atoms with Crippen LogP contribution in [0.4, 0.5) is 0 Å². The normalized spacial score (nSPS) is 10.9. The van der Waals surface area contributed by atoms with Crippen LogP contribution >= 0.6 is 11.8 Å². The van der Waals surface area contributed by atoms with E-state index >= 15 is 0 Å². The first kappa shape index (κ1) is 13.0. The third kappa shape index (κ3) is 9.13. The molecule has 0 saturated carbocycles. The van der Waals surface area contributed by atoms with Gasteiger partial charge in [-0.2, -0.15) is 11.8 Å². The average molecular weight is 212 g/mol. The molecule has 0 fully saturated rings. The topological polar surface area (TPSA) is 26.3 Å². The van der Waals surface area contributed by atoms with Crippen LogP contribution in [0.15, 0.2) is 37.0 Å². The molecule has 0 amide bonds. The molecule has 0 rings (SSSR count). The van der Waals surface area contributed by atoms with Crippen molar-refractivity contribution in [2.45, 2.75) is 6.92 Å². The van der Waals surface area contributed by atoms with E-state index in [9.17, 15) is 4.79 Å². The first-order chi connectivity index (χ1) is 6.81. The highest BCUT2D eigenvalue weighted by Gasteiger charge is 1.91. The quantitative estimate of drug-likeness (QED) is 0.281. The molecule has 0 aliphatic carbocycles. The molecule has 3 heteroatoms. The van der Waals surface area contributed by atoms with Gasteiger partial charge >= 0.3 is 5.97 Å². The zero-order valence-corrected chi connectivity index (χ0v) is 9.26. The first-order valence-electron chi connectivity index (χ1n) is 4.49. The predicted octanol–water partition coefficient (Wildman–Crippen LogP) is 2.58. The Morgan fingerprint density at radius 2 is 2.14 bits per heavy atom. The van der Waals surface area contributed by atoms with E-state index in [0.29, 0.717) is 6.61 Å². The van der Waals surface area contributed by atoms with Crippen LogP contribution in [-0.2, 0) is 9.53 Å². The number of rotatable bonds is 7. The zero-order valence-electron chi connectivity index (χ0n) is 8.44. The Morgan fingerprint density at radius 1 is 1.43 bits per heavy atom. The molecule has 0 heterocycles. The minimum Gasteiger partial charge on any atom is -0.463 e. The highest BCUT2D eigenvalue weighted by Crippen LogP contribution is 2.00. The number of ether oxygens (including phenoxy) is 1. The summed E-state index contributed by atoms with van der Waals surface area (Å²) in [4.78, 5) is 10.8. The van der Waals surface area contributed by atoms with E-state index < -0.39 is 0 Å². The van der Waals surface area contributed by atoms with E-state index in [1.54, 1.807) is 24.8 Å². The van der Waals surface area contributed by atoms with Gasteiger partial charge in [0.1, 0.15) is 0 Å². The van der Waals surface area contributed by atoms with Crippen molar-refractivity contribution in [3.05, 3.63) is 37.0 Å². The number of hydrogen-bond donors (Lipinski definition) is 0. The molecular weight excluding hydrogens is 196 g/mol. The van der Waals surface area contributed by atoms with Crippen LogP contribution in [0.5, 0.6) is 0 Å². The Labute approximate surface area is 89.7 Å². The molecule has 0 aliphatic rings. The molecule has 0 bridgehead atoms. The van der Waals surface area contributed by atoms with Crippen molar-refractivity contribution in [2.75, 3.05) is 18.1 Å². The van der Waals surface area contributed by atoms with Crippen molar-refractivity contribution in [2.24, 2.45) is 0 Å². The van der Waals surface area contributed by atoms with Crippen LogP contribution in [0.2, 0.25) is 0 Å². The second kappa shape index (κ2) is 10.1. The third-order valence-corrected chi connectivity index (χ3v) is 2.10. The van der Waals surface area contributed by atoms with Crippen molar-refractivity contribution in [1.82, 2.24) is 0 Å². The molecule has 0 saturated heterocycles. The van der Waals surface area contributed by atoms with Crippen molar-refractivity contribution >= 4 is 17.7 Å². The molecule has 0 aromatic rings. The molecule has 0 atom stereocenters. The van der Waals surface area contributed by atoms with Crippen LogP contribution < -0.4 is 0 Å². The van der Waals surface area contributed by atoms with E-state index in [2.05, 4.69) is 6.58 Å². The molecule has 78 valence electrons. The van der Waals surface area contributed by atoms with Gasteiger partial charge in [-0.25, -0.2) is 4.79 Å². The van der Waals surface area contributed by atoms with Crippen LogP contribution in [0.25, 0.3) is 0 Å². The van der Waals surface area contributed by atoms with Gasteiger partial charge in [0.05, 0.1) is 6.61 Å². The summed E-state index contributed by atoms with van der Waals surface area (Å²) in [6, 6.07) is 0. The van der Waals surface area contributed by atoms with E-state index in [-0.39, 0.29) is 5.97 Å². The minimum absolute atomic E-state index is 0.269. The fourth-order valence-corrected chi connectivity index (χ4v) is 1.31. The molecule has 0 unspecified atom stereocenters. The maximum absolute atomic E-state index is 10.8. The SMILES string of the molecule is C=C/C=C/CSC/C=C/C(=O)OCC. The highest BCUT2D eigenvalue weighted by molar-refractivity contribution is 7.99. The van der Waals surface area contributed by atoms with Gasteiger partial charge in [-0.05, 0) is 6.92 Å². The Bertz CT molecular complexity index is 219. The molecule has 0 aromatic heterocycles. The summed E-state index contributed by atoms with van der Waals surface area (Å²) in [5.41, 5.74) is 0. The van der Waals surface area contributed by atoms with Crippen LogP contribution in [0.1, 0.15) is 6.92 Å². The average Bonchev–Trinajstić information content (AvgIpc) is 2.17. The zero-order chi connectivity index (χ0) is 10.6. The number of allylic oxidation sites excluding steroid dienone is 2. The van der Waals surface area contributed by atoms with E-state index in [0.717, 1.165) is 11.5 Å². The van der Waals surface area contributed by atoms with Gasteiger partial charge < -0.3 is 4.74 Å². The van der Waals surface area contributed by atoms with Crippen molar-refractivity contribution in [3.63, 3.8) is 0 Å². The predicted molar refractivity (Wildman–Crippen MR) is 62.4 cm³/mol. The lowest BCUT2D eigenvalue weighted by atomic mass is 10.5. The van der Waals surface area contributed by atoms with Gasteiger partial charge in [0, 0.05) is 17.6 Å². The summed E-state index contributed by atoms with van der Waals surface area (Å²) in [5, 5.41) is 0. The molecule has 2 nitrogen and oxygen atoms in total. The fraction of sp³-hybridized carbons (Fsp3) is 0.364. The van der Waals surface area contributed by atoms with Gasteiger partial charge in [0.15, 0.2) is 0 Å². The number of carbonyl (C=O) groups excluding carboxylic acids is 1. The highest BCUT2D eigenvalue weighted by atomic mass is 32.2. The van der Waals surface area contributed by atoms with E-state index in [1.165, 1.54) is 6.08 Å². The van der Waals surface area contributed by atoms with Gasteiger partial charge in [-0.3, -0.25) is 0 Å².